The lowest BCUT2D eigenvalue weighted by molar-refractivity contribution is 0.0728. The summed E-state index contributed by atoms with van der Waals surface area (Å²) in [7, 11) is 0. The molecule has 0 aliphatic rings. The van der Waals surface area contributed by atoms with Gasteiger partial charge in [0, 0.05) is 11.1 Å². The van der Waals surface area contributed by atoms with Crippen molar-refractivity contribution in [2.75, 3.05) is 5.32 Å². The number of amides is 1. The van der Waals surface area contributed by atoms with Crippen LogP contribution in [0.25, 0.3) is 0 Å². The van der Waals surface area contributed by atoms with Gasteiger partial charge in [-0.25, -0.2) is 4.79 Å². The van der Waals surface area contributed by atoms with Crippen LogP contribution in [0.5, 0.6) is 5.75 Å². The minimum absolute atomic E-state index is 0.0679. The Hall–Kier alpha value is -2.70. The first-order valence-electron chi connectivity index (χ1n) is 8.99. The average Bonchev–Trinajstić information content (AvgIpc) is 3.46. The Morgan fingerprint density at radius 3 is 2.76 bits per heavy atom. The van der Waals surface area contributed by atoms with Gasteiger partial charge in [0.05, 0.1) is 21.2 Å². The Morgan fingerprint density at radius 2 is 2.03 bits per heavy atom. The summed E-state index contributed by atoms with van der Waals surface area (Å²) in [5.74, 6) is -0.714. The number of hydrogen-bond acceptors (Lipinski definition) is 10. The number of carbonyl (C=O) groups is 2. The summed E-state index contributed by atoms with van der Waals surface area (Å²) in [5, 5.41) is 13.3. The monoisotopic (exact) mass is 539 g/mol. The first-order valence-corrected chi connectivity index (χ1v) is 12.4. The Balaban J connectivity index is 1.35. The van der Waals surface area contributed by atoms with Crippen molar-refractivity contribution in [3.05, 3.63) is 84.5 Å². The minimum atomic E-state index is -0.808. The van der Waals surface area contributed by atoms with Crippen LogP contribution in [0.15, 0.2) is 61.6 Å². The lowest BCUT2D eigenvalue weighted by Crippen LogP contribution is -2.15. The maximum atomic E-state index is 12.3. The zero-order valence-corrected chi connectivity index (χ0v) is 20.2. The van der Waals surface area contributed by atoms with Crippen LogP contribution in [-0.2, 0) is 5.75 Å². The van der Waals surface area contributed by atoms with Crippen LogP contribution in [0.1, 0.15) is 25.8 Å². The lowest BCUT2D eigenvalue weighted by atomic mass is 10.2. The van der Waals surface area contributed by atoms with Crippen LogP contribution in [-0.4, -0.2) is 22.1 Å². The fourth-order valence-electron chi connectivity index (χ4n) is 2.42. The van der Waals surface area contributed by atoms with Crippen molar-refractivity contribution in [3.63, 3.8) is 0 Å². The first kappa shape index (κ1) is 23.5. The maximum absolute atomic E-state index is 12.3. The van der Waals surface area contributed by atoms with E-state index in [0.717, 1.165) is 6.26 Å². The van der Waals surface area contributed by atoms with Gasteiger partial charge < -0.3 is 9.15 Å². The third-order valence-corrected chi connectivity index (χ3v) is 7.33. The van der Waals surface area contributed by atoms with E-state index in [1.54, 1.807) is 12.1 Å². The summed E-state index contributed by atoms with van der Waals surface area (Å²) in [6, 6.07) is 9.00. The molecule has 0 atom stereocenters. The number of thioether (sulfide) groups is 1. The molecular formula is C20H11Cl2N3O5S3. The molecule has 0 aliphatic carbocycles. The van der Waals surface area contributed by atoms with Crippen molar-refractivity contribution in [1.29, 1.82) is 0 Å². The molecule has 0 saturated heterocycles. The van der Waals surface area contributed by atoms with Crippen LogP contribution >= 0.6 is 57.6 Å². The molecule has 0 spiro atoms. The van der Waals surface area contributed by atoms with Crippen molar-refractivity contribution in [2.45, 2.75) is 10.1 Å². The molecule has 0 radical (unpaired) electrons. The van der Waals surface area contributed by atoms with E-state index < -0.39 is 11.4 Å². The molecule has 0 aliphatic heterocycles. The van der Waals surface area contributed by atoms with Gasteiger partial charge in [-0.05, 0) is 29.6 Å². The van der Waals surface area contributed by atoms with Crippen molar-refractivity contribution in [3.8, 4) is 5.75 Å². The molecule has 3 aromatic heterocycles. The second-order valence-corrected chi connectivity index (χ2v) is 10.2. The molecular weight excluding hydrogens is 529 g/mol. The highest BCUT2D eigenvalue weighted by Crippen LogP contribution is 2.29. The summed E-state index contributed by atoms with van der Waals surface area (Å²) in [5.41, 5.74) is -0.463. The number of halogens is 2. The molecule has 4 aromatic rings. The number of benzene rings is 1. The van der Waals surface area contributed by atoms with Gasteiger partial charge in [0.15, 0.2) is 4.34 Å². The summed E-state index contributed by atoms with van der Waals surface area (Å²) >= 11 is 15.6. The number of esters is 1. The summed E-state index contributed by atoms with van der Waals surface area (Å²) in [6.45, 7) is 0. The van der Waals surface area contributed by atoms with Crippen LogP contribution in [0, 0.1) is 0 Å². The van der Waals surface area contributed by atoms with E-state index in [0.29, 0.717) is 25.1 Å². The van der Waals surface area contributed by atoms with E-state index in [4.69, 9.17) is 32.4 Å². The van der Waals surface area contributed by atoms with Crippen LogP contribution in [0.3, 0.4) is 0 Å². The number of hydrogen-bond donors (Lipinski definition) is 1. The van der Waals surface area contributed by atoms with Crippen molar-refractivity contribution < 1.29 is 18.7 Å². The van der Waals surface area contributed by atoms with E-state index in [1.165, 1.54) is 58.7 Å². The summed E-state index contributed by atoms with van der Waals surface area (Å²) in [4.78, 5) is 37.2. The third-order valence-electron chi connectivity index (χ3n) is 3.92. The molecule has 8 nitrogen and oxygen atoms in total. The smallest absolute Gasteiger partial charge is 0.345 e. The number of anilines is 1. The zero-order chi connectivity index (χ0) is 23.4. The fourth-order valence-corrected chi connectivity index (χ4v) is 5.16. The molecule has 3 heterocycles. The zero-order valence-electron chi connectivity index (χ0n) is 16.2. The highest BCUT2D eigenvalue weighted by atomic mass is 35.5. The number of ether oxygens (including phenoxy) is 1. The molecule has 1 aromatic carbocycles. The molecule has 1 N–H and O–H groups in total. The van der Waals surface area contributed by atoms with E-state index in [2.05, 4.69) is 15.5 Å². The van der Waals surface area contributed by atoms with Gasteiger partial charge in [-0.2, -0.15) is 0 Å². The van der Waals surface area contributed by atoms with Gasteiger partial charge in [0.25, 0.3) is 5.91 Å². The molecule has 4 rings (SSSR count). The summed E-state index contributed by atoms with van der Waals surface area (Å²) < 4.78 is 11.1. The van der Waals surface area contributed by atoms with Gasteiger partial charge in [-0.15, -0.1) is 21.5 Å². The quantitative estimate of drug-likeness (QED) is 0.183. The Morgan fingerprint density at radius 1 is 1.18 bits per heavy atom. The minimum Gasteiger partial charge on any atom is -0.464 e. The standard InChI is InChI=1S/C20H11Cl2N3O5S3/c21-10-3-4-12(13(22)6-10)18(28)30-15-8-29-11(7-14(15)26)9-32-20-25-24-19(33-20)23-17(27)16-2-1-5-31-16/h1-8H,9H2,(H,23,24,27). The van der Waals surface area contributed by atoms with Gasteiger partial charge in [0.2, 0.25) is 16.3 Å². The topological polar surface area (TPSA) is 111 Å². The molecule has 13 heteroatoms. The molecule has 0 fully saturated rings. The SMILES string of the molecule is O=C(Nc1nnc(SCc2cc(=O)c(OC(=O)c3ccc(Cl)cc3Cl)co2)s1)c1cccs1. The van der Waals surface area contributed by atoms with Gasteiger partial charge >= 0.3 is 5.97 Å². The summed E-state index contributed by atoms with van der Waals surface area (Å²) in [6.07, 6.45) is 1.06. The Labute approximate surface area is 208 Å². The number of thiophene rings is 1. The third kappa shape index (κ3) is 6.01. The van der Waals surface area contributed by atoms with Crippen LogP contribution in [0.2, 0.25) is 10.0 Å². The largest absolute Gasteiger partial charge is 0.464 e. The number of rotatable bonds is 7. The molecule has 1 amide bonds. The van der Waals surface area contributed by atoms with Crippen molar-refractivity contribution >= 4 is 74.6 Å². The normalized spacial score (nSPS) is 10.7. The highest BCUT2D eigenvalue weighted by Gasteiger charge is 2.16. The second-order valence-electron chi connectivity index (χ2n) is 6.18. The number of carbonyl (C=O) groups excluding carboxylic acids is 2. The molecule has 33 heavy (non-hydrogen) atoms. The molecule has 0 bridgehead atoms. The molecule has 0 unspecified atom stereocenters. The predicted octanol–water partition coefficient (Wildman–Crippen LogP) is 5.62. The highest BCUT2D eigenvalue weighted by molar-refractivity contribution is 8.00. The van der Waals surface area contributed by atoms with Gasteiger partial charge in [0.1, 0.15) is 12.0 Å². The van der Waals surface area contributed by atoms with Gasteiger partial charge in [-0.1, -0.05) is 52.4 Å². The second kappa shape index (κ2) is 10.5. The Kier molecular flexibility index (Phi) is 7.46. The average molecular weight is 540 g/mol. The molecule has 168 valence electrons. The van der Waals surface area contributed by atoms with Crippen LogP contribution in [0.4, 0.5) is 5.13 Å². The van der Waals surface area contributed by atoms with E-state index in [-0.39, 0.29) is 28.0 Å². The van der Waals surface area contributed by atoms with E-state index >= 15 is 0 Å². The molecule has 0 saturated carbocycles. The van der Waals surface area contributed by atoms with Crippen LogP contribution < -0.4 is 15.5 Å². The lowest BCUT2D eigenvalue weighted by Gasteiger charge is -2.06. The first-order chi connectivity index (χ1) is 15.9. The van der Waals surface area contributed by atoms with Crippen molar-refractivity contribution in [1.82, 2.24) is 10.2 Å². The number of nitrogens with one attached hydrogen (secondary N) is 1. The van der Waals surface area contributed by atoms with Gasteiger partial charge in [-0.3, -0.25) is 14.9 Å². The van der Waals surface area contributed by atoms with E-state index in [1.807, 2.05) is 5.38 Å². The Bertz CT molecular complexity index is 1370. The van der Waals surface area contributed by atoms with Crippen molar-refractivity contribution in [2.24, 2.45) is 0 Å². The maximum Gasteiger partial charge on any atom is 0.345 e. The fraction of sp³-hybridized carbons (Fsp3) is 0.0500. The predicted molar refractivity (Wildman–Crippen MR) is 128 cm³/mol. The number of aromatic nitrogens is 2. The number of nitrogens with zero attached hydrogens (tertiary/aromatic N) is 2. The van der Waals surface area contributed by atoms with E-state index in [9.17, 15) is 14.4 Å².